The van der Waals surface area contributed by atoms with E-state index in [1.807, 2.05) is 20.2 Å². The predicted octanol–water partition coefficient (Wildman–Crippen LogP) is 2.13. The largest absolute Gasteiger partial charge is 0.491 e. The summed E-state index contributed by atoms with van der Waals surface area (Å²) in [7, 11) is 5.78. The molecule has 0 spiro atoms. The maximum absolute atomic E-state index is 5.72. The Bertz CT molecular complexity index is 372. The third kappa shape index (κ3) is 6.92. The predicted molar refractivity (Wildman–Crippen MR) is 81.8 cm³/mol. The summed E-state index contributed by atoms with van der Waals surface area (Å²) in [5.74, 6) is 0.891. The molecule has 0 amide bonds. The van der Waals surface area contributed by atoms with Gasteiger partial charge in [0.05, 0.1) is 11.1 Å². The van der Waals surface area contributed by atoms with Crippen LogP contribution in [0.2, 0.25) is 0 Å². The second-order valence-corrected chi connectivity index (χ2v) is 5.44. The first-order chi connectivity index (χ1) is 9.13. The van der Waals surface area contributed by atoms with E-state index < -0.39 is 0 Å². The van der Waals surface area contributed by atoms with Crippen molar-refractivity contribution in [2.75, 3.05) is 47.5 Å². The van der Waals surface area contributed by atoms with Crippen molar-refractivity contribution in [3.05, 3.63) is 28.2 Å². The third-order valence-electron chi connectivity index (χ3n) is 2.60. The zero-order valence-electron chi connectivity index (χ0n) is 11.9. The molecule has 5 heteroatoms. The Morgan fingerprint density at radius 1 is 1.26 bits per heavy atom. The van der Waals surface area contributed by atoms with E-state index in [9.17, 15) is 0 Å². The first kappa shape index (κ1) is 16.4. The van der Waals surface area contributed by atoms with Gasteiger partial charge in [0, 0.05) is 26.7 Å². The van der Waals surface area contributed by atoms with Crippen molar-refractivity contribution in [2.24, 2.45) is 0 Å². The first-order valence-electron chi connectivity index (χ1n) is 6.39. The molecule has 0 aromatic heterocycles. The number of methoxy groups -OCH3 is 1. The fraction of sp³-hybridized carbons (Fsp3) is 0.571. The molecule has 1 aromatic rings. The summed E-state index contributed by atoms with van der Waals surface area (Å²) in [6, 6.07) is 6.17. The SMILES string of the molecule is COCCNCc1ccc(OCCN(C)C)c(Br)c1. The molecular weight excluding hydrogens is 308 g/mol. The molecule has 0 heterocycles. The van der Waals surface area contributed by atoms with E-state index in [2.05, 4.69) is 38.3 Å². The number of hydrogen-bond donors (Lipinski definition) is 1. The van der Waals surface area contributed by atoms with E-state index in [1.165, 1.54) is 5.56 Å². The lowest BCUT2D eigenvalue weighted by molar-refractivity contribution is 0.199. The summed E-state index contributed by atoms with van der Waals surface area (Å²) in [5.41, 5.74) is 1.22. The lowest BCUT2D eigenvalue weighted by atomic mass is 10.2. The van der Waals surface area contributed by atoms with Gasteiger partial charge in [0.1, 0.15) is 12.4 Å². The smallest absolute Gasteiger partial charge is 0.133 e. The number of nitrogens with zero attached hydrogens (tertiary/aromatic N) is 1. The van der Waals surface area contributed by atoms with E-state index in [0.29, 0.717) is 6.61 Å². The molecule has 0 unspecified atom stereocenters. The van der Waals surface area contributed by atoms with Crippen molar-refractivity contribution in [1.82, 2.24) is 10.2 Å². The minimum absolute atomic E-state index is 0.692. The van der Waals surface area contributed by atoms with Crippen molar-refractivity contribution in [1.29, 1.82) is 0 Å². The molecule has 1 aromatic carbocycles. The first-order valence-corrected chi connectivity index (χ1v) is 7.18. The van der Waals surface area contributed by atoms with Gasteiger partial charge in [-0.3, -0.25) is 0 Å². The second kappa shape index (κ2) is 9.31. The average molecular weight is 331 g/mol. The molecule has 0 aliphatic heterocycles. The molecule has 0 atom stereocenters. The van der Waals surface area contributed by atoms with E-state index in [0.717, 1.165) is 36.5 Å². The number of nitrogens with one attached hydrogen (secondary N) is 1. The molecule has 1 rings (SSSR count). The van der Waals surface area contributed by atoms with Crippen LogP contribution in [0.15, 0.2) is 22.7 Å². The standard InChI is InChI=1S/C14H23BrN2O2/c1-17(2)7-9-19-14-5-4-12(10-13(14)15)11-16-6-8-18-3/h4-5,10,16H,6-9,11H2,1-3H3. The Morgan fingerprint density at radius 3 is 2.68 bits per heavy atom. The van der Waals surface area contributed by atoms with Gasteiger partial charge >= 0.3 is 0 Å². The molecule has 0 aliphatic rings. The van der Waals surface area contributed by atoms with Crippen molar-refractivity contribution in [3.63, 3.8) is 0 Å². The van der Waals surface area contributed by atoms with Gasteiger partial charge in [-0.15, -0.1) is 0 Å². The molecule has 1 N–H and O–H groups in total. The highest BCUT2D eigenvalue weighted by Gasteiger charge is 2.03. The van der Waals surface area contributed by atoms with Crippen molar-refractivity contribution in [3.8, 4) is 5.75 Å². The van der Waals surface area contributed by atoms with Crippen molar-refractivity contribution < 1.29 is 9.47 Å². The Balaban J connectivity index is 2.40. The van der Waals surface area contributed by atoms with Crippen LogP contribution in [-0.4, -0.2) is 52.4 Å². The van der Waals surface area contributed by atoms with E-state index in [1.54, 1.807) is 7.11 Å². The molecular formula is C14H23BrN2O2. The summed E-state index contributed by atoms with van der Waals surface area (Å²) >= 11 is 3.55. The zero-order valence-corrected chi connectivity index (χ0v) is 13.5. The van der Waals surface area contributed by atoms with Gasteiger partial charge in [-0.2, -0.15) is 0 Å². The van der Waals surface area contributed by atoms with Gasteiger partial charge in [0.25, 0.3) is 0 Å². The minimum Gasteiger partial charge on any atom is -0.491 e. The zero-order chi connectivity index (χ0) is 14.1. The highest BCUT2D eigenvalue weighted by atomic mass is 79.9. The molecule has 0 saturated heterocycles. The van der Waals surface area contributed by atoms with Crippen LogP contribution < -0.4 is 10.1 Å². The van der Waals surface area contributed by atoms with Gasteiger partial charge in [-0.25, -0.2) is 0 Å². The third-order valence-corrected chi connectivity index (χ3v) is 3.22. The van der Waals surface area contributed by atoms with E-state index in [-0.39, 0.29) is 0 Å². The van der Waals surface area contributed by atoms with Gasteiger partial charge < -0.3 is 19.7 Å². The number of hydrogen-bond acceptors (Lipinski definition) is 4. The van der Waals surface area contributed by atoms with Crippen LogP contribution in [0.4, 0.5) is 0 Å². The summed E-state index contributed by atoms with van der Waals surface area (Å²) < 4.78 is 11.7. The molecule has 0 fully saturated rings. The fourth-order valence-corrected chi connectivity index (χ4v) is 2.06. The van der Waals surface area contributed by atoms with Gasteiger partial charge in [0.2, 0.25) is 0 Å². The number of rotatable bonds is 9. The molecule has 4 nitrogen and oxygen atoms in total. The highest BCUT2D eigenvalue weighted by molar-refractivity contribution is 9.10. The van der Waals surface area contributed by atoms with E-state index in [4.69, 9.17) is 9.47 Å². The monoisotopic (exact) mass is 330 g/mol. The minimum atomic E-state index is 0.692. The second-order valence-electron chi connectivity index (χ2n) is 4.59. The molecule has 0 radical (unpaired) electrons. The summed E-state index contributed by atoms with van der Waals surface area (Å²) in [4.78, 5) is 2.10. The van der Waals surface area contributed by atoms with Crippen LogP contribution in [0, 0.1) is 0 Å². The summed E-state index contributed by atoms with van der Waals surface area (Å²) in [5, 5.41) is 3.31. The normalized spacial score (nSPS) is 11.0. The fourth-order valence-electron chi connectivity index (χ4n) is 1.52. The topological polar surface area (TPSA) is 33.7 Å². The molecule has 0 saturated carbocycles. The van der Waals surface area contributed by atoms with Gasteiger partial charge in [0.15, 0.2) is 0 Å². The van der Waals surface area contributed by atoms with Crippen molar-refractivity contribution in [2.45, 2.75) is 6.54 Å². The quantitative estimate of drug-likeness (QED) is 0.703. The van der Waals surface area contributed by atoms with Gasteiger partial charge in [-0.1, -0.05) is 6.07 Å². The van der Waals surface area contributed by atoms with Crippen molar-refractivity contribution >= 4 is 15.9 Å². The number of halogens is 1. The number of likely N-dealkylation sites (N-methyl/N-ethyl adjacent to an activating group) is 1. The van der Waals surface area contributed by atoms with Crippen LogP contribution in [0.25, 0.3) is 0 Å². The van der Waals surface area contributed by atoms with Crippen LogP contribution in [0.1, 0.15) is 5.56 Å². The van der Waals surface area contributed by atoms with Crippen LogP contribution >= 0.6 is 15.9 Å². The Labute approximate surface area is 124 Å². The highest BCUT2D eigenvalue weighted by Crippen LogP contribution is 2.25. The van der Waals surface area contributed by atoms with Crippen LogP contribution in [-0.2, 0) is 11.3 Å². The molecule has 0 aliphatic carbocycles. The molecule has 0 bridgehead atoms. The summed E-state index contributed by atoms with van der Waals surface area (Å²) in [6.07, 6.45) is 0. The summed E-state index contributed by atoms with van der Waals surface area (Å²) in [6.45, 7) is 4.02. The average Bonchev–Trinajstić information content (AvgIpc) is 2.37. The number of ether oxygens (including phenoxy) is 2. The van der Waals surface area contributed by atoms with E-state index >= 15 is 0 Å². The maximum atomic E-state index is 5.72. The number of benzene rings is 1. The van der Waals surface area contributed by atoms with Crippen LogP contribution in [0.3, 0.4) is 0 Å². The maximum Gasteiger partial charge on any atom is 0.133 e. The van der Waals surface area contributed by atoms with Crippen LogP contribution in [0.5, 0.6) is 5.75 Å². The lowest BCUT2D eigenvalue weighted by Crippen LogP contribution is -2.19. The Kier molecular flexibility index (Phi) is 8.05. The Hall–Kier alpha value is -0.620. The lowest BCUT2D eigenvalue weighted by Gasteiger charge is -2.13. The molecule has 108 valence electrons. The Morgan fingerprint density at radius 2 is 2.05 bits per heavy atom. The molecule has 19 heavy (non-hydrogen) atoms. The van der Waals surface area contributed by atoms with Gasteiger partial charge in [-0.05, 0) is 47.7 Å².